The highest BCUT2D eigenvalue weighted by atomic mass is 19.1. The van der Waals surface area contributed by atoms with Gasteiger partial charge in [0.15, 0.2) is 11.6 Å². The van der Waals surface area contributed by atoms with E-state index in [0.29, 0.717) is 5.82 Å². The predicted octanol–water partition coefficient (Wildman–Crippen LogP) is 1.98. The van der Waals surface area contributed by atoms with Crippen LogP contribution in [0.25, 0.3) is 5.82 Å². The zero-order valence-electron chi connectivity index (χ0n) is 7.68. The van der Waals surface area contributed by atoms with Gasteiger partial charge in [0.05, 0.1) is 12.4 Å². The average Bonchev–Trinajstić information content (AvgIpc) is 2.65. The van der Waals surface area contributed by atoms with Gasteiger partial charge in [0.25, 0.3) is 0 Å². The first-order valence-electron chi connectivity index (χ1n) is 4.25. The van der Waals surface area contributed by atoms with E-state index in [-0.39, 0.29) is 5.82 Å². The molecule has 0 N–H and O–H groups in total. The molecular formula is C10H9FN3. The van der Waals surface area contributed by atoms with E-state index in [1.165, 1.54) is 10.9 Å². The van der Waals surface area contributed by atoms with Crippen molar-refractivity contribution in [2.45, 2.75) is 6.92 Å². The van der Waals surface area contributed by atoms with Crippen LogP contribution in [-0.4, -0.2) is 14.8 Å². The minimum Gasteiger partial charge on any atom is -0.237 e. The Labute approximate surface area is 81.2 Å². The molecule has 0 unspecified atom stereocenters. The highest BCUT2D eigenvalue weighted by molar-refractivity contribution is 5.27. The summed E-state index contributed by atoms with van der Waals surface area (Å²) in [6.45, 7) is 1.93. The molecule has 0 amide bonds. The molecule has 2 aromatic rings. The summed E-state index contributed by atoms with van der Waals surface area (Å²) in [5, 5.41) is 3.81. The molecule has 4 heteroatoms. The van der Waals surface area contributed by atoms with E-state index in [1.54, 1.807) is 12.3 Å². The molecule has 1 radical (unpaired) electrons. The van der Waals surface area contributed by atoms with Gasteiger partial charge in [-0.1, -0.05) is 13.0 Å². The van der Waals surface area contributed by atoms with Crippen LogP contribution in [0.1, 0.15) is 12.5 Å². The molecule has 0 aliphatic carbocycles. The second-order valence-electron chi connectivity index (χ2n) is 2.84. The molecule has 0 saturated carbocycles. The fourth-order valence-corrected chi connectivity index (χ4v) is 1.13. The lowest BCUT2D eigenvalue weighted by Gasteiger charge is -2.00. The van der Waals surface area contributed by atoms with Gasteiger partial charge in [-0.05, 0) is 18.1 Å². The Hall–Kier alpha value is -1.71. The fourth-order valence-electron chi connectivity index (χ4n) is 1.13. The highest BCUT2D eigenvalue weighted by Gasteiger charge is 2.00. The van der Waals surface area contributed by atoms with Gasteiger partial charge in [-0.15, -0.1) is 0 Å². The van der Waals surface area contributed by atoms with Crippen molar-refractivity contribution in [3.63, 3.8) is 0 Å². The van der Waals surface area contributed by atoms with Gasteiger partial charge in [-0.3, -0.25) is 0 Å². The summed E-state index contributed by atoms with van der Waals surface area (Å²) < 4.78 is 14.0. The standard InChI is InChI=1S/C10H9FN3/c1-2-8-3-4-10(12-5-8)14-7-9(11)6-13-14/h2-7H,1H3. The number of halogens is 1. The second-order valence-corrected chi connectivity index (χ2v) is 2.84. The van der Waals surface area contributed by atoms with Gasteiger partial charge < -0.3 is 0 Å². The van der Waals surface area contributed by atoms with Crippen molar-refractivity contribution >= 4 is 0 Å². The van der Waals surface area contributed by atoms with E-state index >= 15 is 0 Å². The van der Waals surface area contributed by atoms with E-state index in [4.69, 9.17) is 0 Å². The topological polar surface area (TPSA) is 30.7 Å². The van der Waals surface area contributed by atoms with Crippen molar-refractivity contribution in [2.75, 3.05) is 0 Å². The van der Waals surface area contributed by atoms with E-state index < -0.39 is 0 Å². The Morgan fingerprint density at radius 1 is 1.36 bits per heavy atom. The zero-order valence-corrected chi connectivity index (χ0v) is 7.68. The molecule has 0 aliphatic heterocycles. The van der Waals surface area contributed by atoms with Crippen LogP contribution in [0.2, 0.25) is 0 Å². The van der Waals surface area contributed by atoms with E-state index in [9.17, 15) is 4.39 Å². The van der Waals surface area contributed by atoms with E-state index in [2.05, 4.69) is 10.1 Å². The monoisotopic (exact) mass is 190 g/mol. The molecule has 0 bridgehead atoms. The van der Waals surface area contributed by atoms with Crippen LogP contribution < -0.4 is 0 Å². The predicted molar refractivity (Wildman–Crippen MR) is 50.4 cm³/mol. The Balaban J connectivity index is 2.33. The van der Waals surface area contributed by atoms with Crippen molar-refractivity contribution < 1.29 is 4.39 Å². The first kappa shape index (κ1) is 8.87. The minimum absolute atomic E-state index is 0.363. The van der Waals surface area contributed by atoms with Crippen LogP contribution in [0.3, 0.4) is 0 Å². The normalized spacial score (nSPS) is 10.4. The lowest BCUT2D eigenvalue weighted by molar-refractivity contribution is 0.627. The van der Waals surface area contributed by atoms with Gasteiger partial charge in [0.2, 0.25) is 0 Å². The molecule has 14 heavy (non-hydrogen) atoms. The second kappa shape index (κ2) is 3.57. The maximum atomic E-state index is 12.6. The van der Waals surface area contributed by atoms with Crippen LogP contribution in [-0.2, 0) is 0 Å². The number of nitrogens with zero attached hydrogens (tertiary/aromatic N) is 3. The summed E-state index contributed by atoms with van der Waals surface area (Å²) in [4.78, 5) is 4.14. The average molecular weight is 190 g/mol. The number of hydrogen-bond donors (Lipinski definition) is 0. The third-order valence-electron chi connectivity index (χ3n) is 1.89. The lowest BCUT2D eigenvalue weighted by atomic mass is 10.2. The minimum atomic E-state index is -0.363. The number of hydrogen-bond acceptors (Lipinski definition) is 2. The van der Waals surface area contributed by atoms with Gasteiger partial charge in [0, 0.05) is 6.20 Å². The molecule has 2 aromatic heterocycles. The first-order chi connectivity index (χ1) is 6.79. The molecule has 0 fully saturated rings. The zero-order chi connectivity index (χ0) is 9.97. The third kappa shape index (κ3) is 1.64. The van der Waals surface area contributed by atoms with Crippen LogP contribution in [0.5, 0.6) is 0 Å². The van der Waals surface area contributed by atoms with Gasteiger partial charge in [-0.25, -0.2) is 14.1 Å². The SMILES string of the molecule is C[CH]c1ccc(-n2cc(F)cn2)nc1. The van der Waals surface area contributed by atoms with Crippen molar-refractivity contribution in [1.82, 2.24) is 14.8 Å². The molecule has 3 nitrogen and oxygen atoms in total. The van der Waals surface area contributed by atoms with Crippen LogP contribution in [0.4, 0.5) is 4.39 Å². The van der Waals surface area contributed by atoms with E-state index in [0.717, 1.165) is 11.8 Å². The van der Waals surface area contributed by atoms with Gasteiger partial charge >= 0.3 is 0 Å². The summed E-state index contributed by atoms with van der Waals surface area (Å²) in [6.07, 6.45) is 6.11. The molecule has 0 spiro atoms. The quantitative estimate of drug-likeness (QED) is 0.724. The maximum Gasteiger partial charge on any atom is 0.161 e. The first-order valence-corrected chi connectivity index (χ1v) is 4.25. The van der Waals surface area contributed by atoms with Crippen LogP contribution in [0, 0.1) is 12.2 Å². The summed E-state index contributed by atoms with van der Waals surface area (Å²) >= 11 is 0. The highest BCUT2D eigenvalue weighted by Crippen LogP contribution is 2.06. The molecule has 0 aromatic carbocycles. The summed E-state index contributed by atoms with van der Waals surface area (Å²) in [6, 6.07) is 3.70. The van der Waals surface area contributed by atoms with Crippen molar-refractivity contribution in [2.24, 2.45) is 0 Å². The van der Waals surface area contributed by atoms with Crippen LogP contribution >= 0.6 is 0 Å². The molecule has 0 atom stereocenters. The molecule has 2 heterocycles. The molecule has 0 saturated heterocycles. The largest absolute Gasteiger partial charge is 0.237 e. The van der Waals surface area contributed by atoms with Crippen molar-refractivity contribution in [3.8, 4) is 5.82 Å². The summed E-state index contributed by atoms with van der Waals surface area (Å²) in [5.41, 5.74) is 1.03. The maximum absolute atomic E-state index is 12.6. The van der Waals surface area contributed by atoms with Gasteiger partial charge in [-0.2, -0.15) is 5.10 Å². The Kier molecular flexibility index (Phi) is 2.26. The Morgan fingerprint density at radius 2 is 2.21 bits per heavy atom. The number of aromatic nitrogens is 3. The van der Waals surface area contributed by atoms with Gasteiger partial charge in [0.1, 0.15) is 0 Å². The van der Waals surface area contributed by atoms with Crippen molar-refractivity contribution in [1.29, 1.82) is 0 Å². The summed E-state index contributed by atoms with van der Waals surface area (Å²) in [7, 11) is 0. The fraction of sp³-hybridized carbons (Fsp3) is 0.100. The number of pyridine rings is 1. The Bertz CT molecular complexity index is 419. The van der Waals surface area contributed by atoms with Crippen molar-refractivity contribution in [3.05, 3.63) is 48.5 Å². The molecular weight excluding hydrogens is 181 g/mol. The Morgan fingerprint density at radius 3 is 2.71 bits per heavy atom. The van der Waals surface area contributed by atoms with E-state index in [1.807, 2.05) is 19.4 Å². The molecule has 2 rings (SSSR count). The number of rotatable bonds is 2. The van der Waals surface area contributed by atoms with Crippen LogP contribution in [0.15, 0.2) is 30.7 Å². The third-order valence-corrected chi connectivity index (χ3v) is 1.89. The molecule has 0 aliphatic rings. The molecule has 71 valence electrons. The lowest BCUT2D eigenvalue weighted by Crippen LogP contribution is -1.97. The summed E-state index contributed by atoms with van der Waals surface area (Å²) in [5.74, 6) is 0.248. The smallest absolute Gasteiger partial charge is 0.161 e.